The van der Waals surface area contributed by atoms with E-state index in [2.05, 4.69) is 44.9 Å². The van der Waals surface area contributed by atoms with Gasteiger partial charge in [0.2, 0.25) is 0 Å². The number of benzene rings is 2. The summed E-state index contributed by atoms with van der Waals surface area (Å²) < 4.78 is 5.68. The van der Waals surface area contributed by atoms with Crippen LogP contribution in [0.25, 0.3) is 0 Å². The van der Waals surface area contributed by atoms with Crippen LogP contribution < -0.4 is 15.4 Å². The molecule has 0 unspecified atom stereocenters. The molecule has 0 aliphatic carbocycles. The number of hydrogen-bond donors (Lipinski definition) is 2. The van der Waals surface area contributed by atoms with Gasteiger partial charge in [-0.2, -0.15) is 0 Å². The van der Waals surface area contributed by atoms with Crippen LogP contribution in [0.3, 0.4) is 0 Å². The molecule has 0 amide bonds. The Labute approximate surface area is 167 Å². The van der Waals surface area contributed by atoms with E-state index in [9.17, 15) is 0 Å². The van der Waals surface area contributed by atoms with Crippen molar-refractivity contribution in [1.82, 2.24) is 9.97 Å². The number of hydrogen-bond acceptors (Lipinski definition) is 5. The topological polar surface area (TPSA) is 59.1 Å². The van der Waals surface area contributed by atoms with E-state index in [0.717, 1.165) is 48.3 Å². The van der Waals surface area contributed by atoms with Gasteiger partial charge in [-0.15, -0.1) is 0 Å². The molecular formula is C23H28N4O. The number of ether oxygens (including phenoxy) is 1. The summed E-state index contributed by atoms with van der Waals surface area (Å²) in [4.78, 5) is 8.97. The van der Waals surface area contributed by atoms with Gasteiger partial charge in [0, 0.05) is 18.3 Å². The lowest BCUT2D eigenvalue weighted by Gasteiger charge is -2.12. The summed E-state index contributed by atoms with van der Waals surface area (Å²) in [5.41, 5.74) is 2.32. The Morgan fingerprint density at radius 3 is 2.36 bits per heavy atom. The minimum Gasteiger partial charge on any atom is -0.491 e. The lowest BCUT2D eigenvalue weighted by atomic mass is 10.1. The van der Waals surface area contributed by atoms with E-state index >= 15 is 0 Å². The summed E-state index contributed by atoms with van der Waals surface area (Å²) in [6.07, 6.45) is 2.26. The predicted molar refractivity (Wildman–Crippen MR) is 116 cm³/mol. The van der Waals surface area contributed by atoms with E-state index in [0.29, 0.717) is 0 Å². The summed E-state index contributed by atoms with van der Waals surface area (Å²) in [5.74, 6) is 3.20. The second kappa shape index (κ2) is 9.74. The summed E-state index contributed by atoms with van der Waals surface area (Å²) in [6, 6.07) is 20.4. The van der Waals surface area contributed by atoms with Crippen LogP contribution >= 0.6 is 0 Å². The first-order chi connectivity index (χ1) is 13.6. The fourth-order valence-corrected chi connectivity index (χ4v) is 2.91. The number of anilines is 3. The molecule has 1 aromatic heterocycles. The van der Waals surface area contributed by atoms with Crippen molar-refractivity contribution in [2.75, 3.05) is 17.2 Å². The molecule has 2 aromatic carbocycles. The molecule has 0 radical (unpaired) electrons. The summed E-state index contributed by atoms with van der Waals surface area (Å²) in [5, 5.41) is 6.74. The molecule has 2 N–H and O–H groups in total. The Hall–Kier alpha value is -3.08. The second-order valence-corrected chi connectivity index (χ2v) is 7.02. The maximum Gasteiger partial charge on any atom is 0.136 e. The molecule has 0 saturated heterocycles. The molecule has 28 heavy (non-hydrogen) atoms. The van der Waals surface area contributed by atoms with E-state index in [1.807, 2.05) is 57.2 Å². The van der Waals surface area contributed by atoms with Crippen LogP contribution in [0.15, 0.2) is 60.7 Å². The Morgan fingerprint density at radius 1 is 0.929 bits per heavy atom. The van der Waals surface area contributed by atoms with Crippen molar-refractivity contribution < 1.29 is 4.74 Å². The fraction of sp³-hybridized carbons (Fsp3) is 0.304. The molecule has 0 bridgehead atoms. The van der Waals surface area contributed by atoms with Gasteiger partial charge in [-0.05, 0) is 63.4 Å². The van der Waals surface area contributed by atoms with Crippen LogP contribution in [0.2, 0.25) is 0 Å². The molecule has 0 atom stereocenters. The van der Waals surface area contributed by atoms with Crippen LogP contribution in [0, 0.1) is 6.92 Å². The van der Waals surface area contributed by atoms with Crippen molar-refractivity contribution in [3.63, 3.8) is 0 Å². The van der Waals surface area contributed by atoms with Gasteiger partial charge in [-0.3, -0.25) is 0 Å². The van der Waals surface area contributed by atoms with E-state index in [1.165, 1.54) is 5.56 Å². The minimum absolute atomic E-state index is 0.166. The number of aromatic nitrogens is 2. The first-order valence-corrected chi connectivity index (χ1v) is 9.76. The van der Waals surface area contributed by atoms with Gasteiger partial charge in [-0.1, -0.05) is 30.3 Å². The minimum atomic E-state index is 0.166. The number of nitrogens with zero attached hydrogens (tertiary/aromatic N) is 2. The highest BCUT2D eigenvalue weighted by molar-refractivity contribution is 5.60. The van der Waals surface area contributed by atoms with Crippen LogP contribution in [0.1, 0.15) is 31.7 Å². The first-order valence-electron chi connectivity index (χ1n) is 9.76. The highest BCUT2D eigenvalue weighted by Crippen LogP contribution is 2.21. The average molecular weight is 377 g/mol. The average Bonchev–Trinajstić information content (AvgIpc) is 2.67. The van der Waals surface area contributed by atoms with Gasteiger partial charge in [0.1, 0.15) is 23.2 Å². The zero-order chi connectivity index (χ0) is 19.8. The molecular weight excluding hydrogens is 348 g/mol. The van der Waals surface area contributed by atoms with Gasteiger partial charge in [-0.25, -0.2) is 9.97 Å². The molecule has 0 aliphatic heterocycles. The fourth-order valence-electron chi connectivity index (χ4n) is 2.91. The Balaban J connectivity index is 1.55. The molecule has 3 rings (SSSR count). The van der Waals surface area contributed by atoms with Crippen molar-refractivity contribution >= 4 is 17.3 Å². The van der Waals surface area contributed by atoms with Crippen molar-refractivity contribution in [3.05, 3.63) is 72.1 Å². The monoisotopic (exact) mass is 376 g/mol. The van der Waals surface area contributed by atoms with E-state index in [-0.39, 0.29) is 6.10 Å². The van der Waals surface area contributed by atoms with Crippen LogP contribution in [-0.4, -0.2) is 22.6 Å². The molecule has 5 nitrogen and oxygen atoms in total. The van der Waals surface area contributed by atoms with E-state index in [1.54, 1.807) is 0 Å². The van der Waals surface area contributed by atoms with Gasteiger partial charge in [0.15, 0.2) is 0 Å². The lowest BCUT2D eigenvalue weighted by Crippen LogP contribution is -2.07. The Bertz CT molecular complexity index is 864. The van der Waals surface area contributed by atoms with Gasteiger partial charge in [0.25, 0.3) is 0 Å². The lowest BCUT2D eigenvalue weighted by molar-refractivity contribution is 0.242. The van der Waals surface area contributed by atoms with Crippen molar-refractivity contribution in [2.45, 2.75) is 39.7 Å². The smallest absolute Gasteiger partial charge is 0.136 e. The third-order valence-corrected chi connectivity index (χ3v) is 4.13. The first kappa shape index (κ1) is 19.7. The number of rotatable bonds is 9. The standard InChI is InChI=1S/C23H28N4O/c1-17(2)28-21-13-11-20(12-14-21)27-23-16-22(25-18(3)26-23)24-15-7-10-19-8-5-4-6-9-19/h4-6,8-9,11-14,16-17H,7,10,15H2,1-3H3,(H2,24,25,26,27). The quantitative estimate of drug-likeness (QED) is 0.492. The molecule has 0 aliphatic rings. The maximum atomic E-state index is 5.68. The van der Waals surface area contributed by atoms with Gasteiger partial charge in [0.05, 0.1) is 6.10 Å². The molecule has 0 fully saturated rings. The van der Waals surface area contributed by atoms with Crippen molar-refractivity contribution in [3.8, 4) is 5.75 Å². The molecule has 0 saturated carbocycles. The SMILES string of the molecule is Cc1nc(NCCCc2ccccc2)cc(Nc2ccc(OC(C)C)cc2)n1. The second-order valence-electron chi connectivity index (χ2n) is 7.02. The van der Waals surface area contributed by atoms with Crippen LogP contribution in [0.5, 0.6) is 5.75 Å². The molecule has 1 heterocycles. The third-order valence-electron chi connectivity index (χ3n) is 4.13. The van der Waals surface area contributed by atoms with E-state index < -0.39 is 0 Å². The highest BCUT2D eigenvalue weighted by atomic mass is 16.5. The summed E-state index contributed by atoms with van der Waals surface area (Å²) >= 11 is 0. The Kier molecular flexibility index (Phi) is 6.84. The van der Waals surface area contributed by atoms with E-state index in [4.69, 9.17) is 4.74 Å². The highest BCUT2D eigenvalue weighted by Gasteiger charge is 2.04. The van der Waals surface area contributed by atoms with Crippen LogP contribution in [0.4, 0.5) is 17.3 Å². The van der Waals surface area contributed by atoms with Crippen molar-refractivity contribution in [1.29, 1.82) is 0 Å². The largest absolute Gasteiger partial charge is 0.491 e. The zero-order valence-corrected chi connectivity index (χ0v) is 16.8. The summed E-state index contributed by atoms with van der Waals surface area (Å²) in [7, 11) is 0. The van der Waals surface area contributed by atoms with Crippen LogP contribution in [-0.2, 0) is 6.42 Å². The normalized spacial score (nSPS) is 10.7. The summed E-state index contributed by atoms with van der Waals surface area (Å²) in [6.45, 7) is 6.81. The Morgan fingerprint density at radius 2 is 1.64 bits per heavy atom. The molecule has 3 aromatic rings. The molecule has 5 heteroatoms. The van der Waals surface area contributed by atoms with Crippen molar-refractivity contribution in [2.24, 2.45) is 0 Å². The maximum absolute atomic E-state index is 5.68. The van der Waals surface area contributed by atoms with Gasteiger partial charge >= 0.3 is 0 Å². The zero-order valence-electron chi connectivity index (χ0n) is 16.8. The number of nitrogens with one attached hydrogen (secondary N) is 2. The van der Waals surface area contributed by atoms with Gasteiger partial charge < -0.3 is 15.4 Å². The molecule has 146 valence electrons. The number of aryl methyl sites for hydroxylation is 2. The third kappa shape index (κ3) is 6.27. The molecule has 0 spiro atoms. The predicted octanol–water partition coefficient (Wildman–Crippen LogP) is 5.36.